The first-order valence-electron chi connectivity index (χ1n) is 6.59. The van der Waals surface area contributed by atoms with Gasteiger partial charge in [0.1, 0.15) is 11.0 Å². The van der Waals surface area contributed by atoms with Crippen LogP contribution in [0.3, 0.4) is 0 Å². The second-order valence-corrected chi connectivity index (χ2v) is 5.04. The molecule has 0 radical (unpaired) electrons. The van der Waals surface area contributed by atoms with Gasteiger partial charge in [0, 0.05) is 20.1 Å². The van der Waals surface area contributed by atoms with E-state index in [2.05, 4.69) is 14.1 Å². The monoisotopic (exact) mass is 310 g/mol. The minimum atomic E-state index is -0.168. The van der Waals surface area contributed by atoms with Gasteiger partial charge in [-0.2, -0.15) is 8.75 Å². The number of fused-ring (bicyclic) bond motifs is 1. The Morgan fingerprint density at radius 1 is 1.38 bits per heavy atom. The fourth-order valence-corrected chi connectivity index (χ4v) is 2.32. The van der Waals surface area contributed by atoms with E-state index in [1.807, 2.05) is 18.2 Å². The van der Waals surface area contributed by atoms with E-state index in [9.17, 15) is 4.79 Å². The number of amides is 2. The molecular weight excluding hydrogens is 292 g/mol. The third-order valence-electron chi connectivity index (χ3n) is 2.84. The van der Waals surface area contributed by atoms with E-state index < -0.39 is 0 Å². The van der Waals surface area contributed by atoms with Crippen LogP contribution in [0, 0.1) is 0 Å². The predicted octanol–water partition coefficient (Wildman–Crippen LogP) is 0.842. The molecule has 2 aromatic rings. The lowest BCUT2D eigenvalue weighted by molar-refractivity contribution is 0.0939. The van der Waals surface area contributed by atoms with Crippen LogP contribution in [-0.4, -0.2) is 58.2 Å². The highest BCUT2D eigenvalue weighted by molar-refractivity contribution is 7.00. The molecule has 0 aliphatic carbocycles. The Bertz CT molecular complexity index is 590. The zero-order valence-corrected chi connectivity index (χ0v) is 12.6. The first-order valence-corrected chi connectivity index (χ1v) is 7.32. The minimum Gasteiger partial charge on any atom is -0.394 e. The summed E-state index contributed by atoms with van der Waals surface area (Å²) in [6, 6.07) is 5.62. The fraction of sp³-hybridized carbons (Fsp3) is 0.462. The molecule has 0 bridgehead atoms. The average molecular weight is 310 g/mol. The molecular formula is C13H18N4O3S. The zero-order chi connectivity index (χ0) is 15.1. The molecule has 2 rings (SSSR count). The second kappa shape index (κ2) is 7.87. The van der Waals surface area contributed by atoms with Crippen molar-refractivity contribution in [2.75, 3.05) is 33.4 Å². The van der Waals surface area contributed by atoms with Gasteiger partial charge in [-0.05, 0) is 17.7 Å². The molecule has 7 nitrogen and oxygen atoms in total. The zero-order valence-electron chi connectivity index (χ0n) is 11.8. The number of urea groups is 1. The highest BCUT2D eigenvalue weighted by Crippen LogP contribution is 2.14. The molecule has 1 aromatic carbocycles. The molecule has 0 aliphatic rings. The smallest absolute Gasteiger partial charge is 0.317 e. The maximum Gasteiger partial charge on any atom is 0.317 e. The highest BCUT2D eigenvalue weighted by Gasteiger charge is 2.09. The topological polar surface area (TPSA) is 87.6 Å². The van der Waals surface area contributed by atoms with Gasteiger partial charge in [-0.15, -0.1) is 0 Å². The number of carbonyl (C=O) groups excluding carboxylic acids is 1. The van der Waals surface area contributed by atoms with Gasteiger partial charge in [0.25, 0.3) is 0 Å². The number of nitrogens with one attached hydrogen (secondary N) is 1. The summed E-state index contributed by atoms with van der Waals surface area (Å²) in [5.41, 5.74) is 2.73. The van der Waals surface area contributed by atoms with E-state index >= 15 is 0 Å². The average Bonchev–Trinajstić information content (AvgIpc) is 2.94. The summed E-state index contributed by atoms with van der Waals surface area (Å²) < 4.78 is 13.4. The summed E-state index contributed by atoms with van der Waals surface area (Å²) in [6.45, 7) is 1.57. The number of aromatic nitrogens is 2. The van der Waals surface area contributed by atoms with Gasteiger partial charge >= 0.3 is 6.03 Å². The van der Waals surface area contributed by atoms with Crippen LogP contribution in [0.1, 0.15) is 5.56 Å². The van der Waals surface area contributed by atoms with Crippen LogP contribution in [-0.2, 0) is 11.3 Å². The van der Waals surface area contributed by atoms with E-state index in [-0.39, 0.29) is 19.2 Å². The van der Waals surface area contributed by atoms with Crippen molar-refractivity contribution in [3.05, 3.63) is 23.8 Å². The van der Waals surface area contributed by atoms with Crippen molar-refractivity contribution in [2.24, 2.45) is 0 Å². The number of benzene rings is 1. The highest BCUT2D eigenvalue weighted by atomic mass is 32.1. The van der Waals surface area contributed by atoms with E-state index in [0.717, 1.165) is 16.6 Å². The number of carbonyl (C=O) groups is 1. The molecule has 21 heavy (non-hydrogen) atoms. The largest absolute Gasteiger partial charge is 0.394 e. The molecule has 2 amide bonds. The Kier molecular flexibility index (Phi) is 5.85. The van der Waals surface area contributed by atoms with Crippen LogP contribution in [0.15, 0.2) is 18.2 Å². The summed E-state index contributed by atoms with van der Waals surface area (Å²) in [5, 5.41) is 11.3. The van der Waals surface area contributed by atoms with Crippen LogP contribution >= 0.6 is 11.7 Å². The molecule has 0 atom stereocenters. The van der Waals surface area contributed by atoms with Crippen molar-refractivity contribution in [2.45, 2.75) is 6.54 Å². The van der Waals surface area contributed by atoms with Gasteiger partial charge < -0.3 is 20.1 Å². The molecule has 114 valence electrons. The summed E-state index contributed by atoms with van der Waals surface area (Å²) in [7, 11) is 1.73. The number of rotatable bonds is 7. The van der Waals surface area contributed by atoms with Crippen LogP contribution in [0.25, 0.3) is 11.0 Å². The summed E-state index contributed by atoms with van der Waals surface area (Å²) in [4.78, 5) is 13.5. The van der Waals surface area contributed by atoms with Gasteiger partial charge in [-0.25, -0.2) is 4.79 Å². The molecule has 1 aromatic heterocycles. The molecule has 0 fully saturated rings. The van der Waals surface area contributed by atoms with Gasteiger partial charge in [-0.3, -0.25) is 0 Å². The Morgan fingerprint density at radius 2 is 2.19 bits per heavy atom. The molecule has 0 unspecified atom stereocenters. The minimum absolute atomic E-state index is 0.0121. The molecule has 0 saturated heterocycles. The van der Waals surface area contributed by atoms with Crippen LogP contribution in [0.5, 0.6) is 0 Å². The SMILES string of the molecule is CN(Cc1ccc2nsnc2c1)C(=O)NCCOCCO. The van der Waals surface area contributed by atoms with Gasteiger partial charge in [-0.1, -0.05) is 6.07 Å². The Morgan fingerprint density at radius 3 is 3.00 bits per heavy atom. The third kappa shape index (κ3) is 4.62. The lowest BCUT2D eigenvalue weighted by atomic mass is 10.2. The lowest BCUT2D eigenvalue weighted by Crippen LogP contribution is -2.38. The van der Waals surface area contributed by atoms with Crippen LogP contribution in [0.2, 0.25) is 0 Å². The van der Waals surface area contributed by atoms with Gasteiger partial charge in [0.15, 0.2) is 0 Å². The number of aliphatic hydroxyl groups excluding tert-OH is 1. The Balaban J connectivity index is 1.79. The lowest BCUT2D eigenvalue weighted by Gasteiger charge is -2.18. The Labute approximate surface area is 126 Å². The quantitative estimate of drug-likeness (QED) is 0.740. The molecule has 0 aliphatic heterocycles. The number of hydrogen-bond donors (Lipinski definition) is 2. The van der Waals surface area contributed by atoms with E-state index in [0.29, 0.717) is 19.7 Å². The number of ether oxygens (including phenoxy) is 1. The maximum atomic E-state index is 11.9. The van der Waals surface area contributed by atoms with E-state index in [1.165, 1.54) is 11.7 Å². The molecule has 1 heterocycles. The predicted molar refractivity (Wildman–Crippen MR) is 80.2 cm³/mol. The number of nitrogens with zero attached hydrogens (tertiary/aromatic N) is 3. The summed E-state index contributed by atoms with van der Waals surface area (Å²) >= 11 is 1.18. The standard InChI is InChI=1S/C13H18N4O3S/c1-17(13(19)14-4-6-20-7-5-18)9-10-2-3-11-12(8-10)16-21-15-11/h2-3,8,18H,4-7,9H2,1H3,(H,14,19). The third-order valence-corrected chi connectivity index (χ3v) is 3.40. The maximum absolute atomic E-state index is 11.9. The fourth-order valence-electron chi connectivity index (χ4n) is 1.80. The Hall–Kier alpha value is -1.77. The van der Waals surface area contributed by atoms with E-state index in [1.54, 1.807) is 11.9 Å². The normalized spacial score (nSPS) is 10.8. The molecule has 2 N–H and O–H groups in total. The van der Waals surface area contributed by atoms with Crippen molar-refractivity contribution in [1.82, 2.24) is 19.0 Å². The van der Waals surface area contributed by atoms with Crippen molar-refractivity contribution in [1.29, 1.82) is 0 Å². The van der Waals surface area contributed by atoms with Crippen molar-refractivity contribution < 1.29 is 14.6 Å². The number of hydrogen-bond acceptors (Lipinski definition) is 6. The molecule has 8 heteroatoms. The van der Waals surface area contributed by atoms with Gasteiger partial charge in [0.2, 0.25) is 0 Å². The van der Waals surface area contributed by atoms with E-state index in [4.69, 9.17) is 9.84 Å². The number of aliphatic hydroxyl groups is 1. The summed E-state index contributed by atoms with van der Waals surface area (Å²) in [6.07, 6.45) is 0. The van der Waals surface area contributed by atoms with Crippen molar-refractivity contribution >= 4 is 28.8 Å². The summed E-state index contributed by atoms with van der Waals surface area (Å²) in [5.74, 6) is 0. The van der Waals surface area contributed by atoms with Crippen LogP contribution in [0.4, 0.5) is 4.79 Å². The first kappa shape index (κ1) is 15.6. The van der Waals surface area contributed by atoms with Crippen molar-refractivity contribution in [3.8, 4) is 0 Å². The second-order valence-electron chi connectivity index (χ2n) is 4.51. The van der Waals surface area contributed by atoms with Crippen LogP contribution < -0.4 is 5.32 Å². The van der Waals surface area contributed by atoms with Gasteiger partial charge in [0.05, 0.1) is 31.5 Å². The molecule has 0 spiro atoms. The molecule has 0 saturated carbocycles. The van der Waals surface area contributed by atoms with Crippen molar-refractivity contribution in [3.63, 3.8) is 0 Å². The first-order chi connectivity index (χ1) is 10.2.